The zero-order chi connectivity index (χ0) is 23.1. The van der Waals surface area contributed by atoms with Crippen molar-refractivity contribution in [3.63, 3.8) is 0 Å². The summed E-state index contributed by atoms with van der Waals surface area (Å²) < 4.78 is 46.9. The van der Waals surface area contributed by atoms with Crippen LogP contribution in [0.4, 0.5) is 23.7 Å². The second kappa shape index (κ2) is 9.87. The number of ether oxygens (including phenoxy) is 1. The van der Waals surface area contributed by atoms with Crippen LogP contribution >= 0.6 is 0 Å². The highest BCUT2D eigenvalue weighted by Crippen LogP contribution is 2.25. The van der Waals surface area contributed by atoms with Crippen LogP contribution in [-0.4, -0.2) is 30.3 Å². The second-order valence-corrected chi connectivity index (χ2v) is 6.87. The maximum absolute atomic E-state index is 12.3. The summed E-state index contributed by atoms with van der Waals surface area (Å²) in [4.78, 5) is 16.5. The molecule has 2 amide bonds. The Morgan fingerprint density at radius 1 is 1.22 bits per heavy atom. The molecule has 0 bridgehead atoms. The number of hydrogen-bond donors (Lipinski definition) is 2. The zero-order valence-corrected chi connectivity index (χ0v) is 17.0. The third-order valence-corrected chi connectivity index (χ3v) is 4.27. The van der Waals surface area contributed by atoms with Crippen LogP contribution in [0, 0.1) is 18.3 Å². The van der Waals surface area contributed by atoms with Gasteiger partial charge < -0.3 is 19.8 Å². The van der Waals surface area contributed by atoms with Crippen LogP contribution in [0.15, 0.2) is 53.1 Å². The molecule has 3 aromatic rings. The third kappa shape index (κ3) is 6.50. The molecule has 1 aromatic heterocycles. The number of oxazole rings is 1. The fourth-order valence-electron chi connectivity index (χ4n) is 2.71. The average molecular weight is 444 g/mol. The molecule has 0 aliphatic heterocycles. The Morgan fingerprint density at radius 2 is 1.97 bits per heavy atom. The Kier molecular flexibility index (Phi) is 7.00. The molecule has 0 fully saturated rings. The van der Waals surface area contributed by atoms with Gasteiger partial charge in [0, 0.05) is 24.2 Å². The molecule has 0 saturated heterocycles. The summed E-state index contributed by atoms with van der Waals surface area (Å²) >= 11 is 0. The topological polar surface area (TPSA) is 100 Å². The number of alkyl halides is 3. The average Bonchev–Trinajstić information content (AvgIpc) is 3.21. The van der Waals surface area contributed by atoms with Gasteiger partial charge >= 0.3 is 12.2 Å². The number of nitrogens with zero attached hydrogens (tertiary/aromatic N) is 2. The highest BCUT2D eigenvalue weighted by atomic mass is 19.4. The van der Waals surface area contributed by atoms with Gasteiger partial charge in [-0.2, -0.15) is 18.4 Å². The predicted octanol–water partition coefficient (Wildman–Crippen LogP) is 4.83. The predicted molar refractivity (Wildman–Crippen MR) is 110 cm³/mol. The van der Waals surface area contributed by atoms with Gasteiger partial charge in [0.05, 0.1) is 11.3 Å². The highest BCUT2D eigenvalue weighted by molar-refractivity contribution is 5.89. The molecule has 10 heteroatoms. The number of aryl methyl sites for hydroxylation is 1. The van der Waals surface area contributed by atoms with E-state index in [2.05, 4.69) is 20.4 Å². The van der Waals surface area contributed by atoms with E-state index in [9.17, 15) is 18.0 Å². The summed E-state index contributed by atoms with van der Waals surface area (Å²) in [5.41, 5.74) is 2.75. The van der Waals surface area contributed by atoms with Crippen LogP contribution in [0.5, 0.6) is 5.75 Å². The summed E-state index contributed by atoms with van der Waals surface area (Å²) in [6.07, 6.45) is -2.57. The zero-order valence-electron chi connectivity index (χ0n) is 17.0. The summed E-state index contributed by atoms with van der Waals surface area (Å²) in [6, 6.07) is 12.7. The van der Waals surface area contributed by atoms with E-state index in [1.54, 1.807) is 6.07 Å². The molecule has 2 N–H and O–H groups in total. The standard InChI is InChI=1S/C22H19F3N4O3/c1-14-2-4-15(5-3-14)20-28-18(12-31-20)8-9-27-21(30)29-17-6-7-19(16(10-17)11-26)32-13-22(23,24)25/h2-7,10,12H,8-9,13H2,1H3,(H2,27,29,30). The summed E-state index contributed by atoms with van der Waals surface area (Å²) in [5.74, 6) is 0.271. The molecular formula is C22H19F3N4O3. The first-order valence-corrected chi connectivity index (χ1v) is 9.53. The van der Waals surface area contributed by atoms with Crippen molar-refractivity contribution in [2.24, 2.45) is 0 Å². The fourth-order valence-corrected chi connectivity index (χ4v) is 2.71. The number of halogens is 3. The summed E-state index contributed by atoms with van der Waals surface area (Å²) in [6.45, 7) is 0.741. The van der Waals surface area contributed by atoms with Gasteiger partial charge in [-0.15, -0.1) is 0 Å². The molecule has 166 valence electrons. The van der Waals surface area contributed by atoms with Crippen molar-refractivity contribution >= 4 is 11.7 Å². The number of nitrogens with one attached hydrogen (secondary N) is 2. The molecule has 0 atom stereocenters. The minimum absolute atomic E-state index is 0.127. The van der Waals surface area contributed by atoms with Crippen LogP contribution in [0.2, 0.25) is 0 Å². The van der Waals surface area contributed by atoms with Gasteiger partial charge in [-0.1, -0.05) is 17.7 Å². The smallest absolute Gasteiger partial charge is 0.422 e. The molecule has 3 rings (SSSR count). The lowest BCUT2D eigenvalue weighted by Crippen LogP contribution is -2.30. The molecule has 0 saturated carbocycles. The second-order valence-electron chi connectivity index (χ2n) is 6.87. The fraction of sp³-hybridized carbons (Fsp3) is 0.227. The number of anilines is 1. The quantitative estimate of drug-likeness (QED) is 0.544. The maximum atomic E-state index is 12.3. The van der Waals surface area contributed by atoms with Crippen molar-refractivity contribution in [1.82, 2.24) is 10.3 Å². The van der Waals surface area contributed by atoms with Crippen molar-refractivity contribution in [3.05, 3.63) is 65.5 Å². The Labute approximate surface area is 181 Å². The van der Waals surface area contributed by atoms with E-state index >= 15 is 0 Å². The van der Waals surface area contributed by atoms with E-state index in [4.69, 9.17) is 9.68 Å². The number of urea groups is 1. The van der Waals surface area contributed by atoms with Gasteiger partial charge in [-0.3, -0.25) is 0 Å². The molecular weight excluding hydrogens is 425 g/mol. The molecule has 0 aliphatic carbocycles. The third-order valence-electron chi connectivity index (χ3n) is 4.27. The molecule has 0 radical (unpaired) electrons. The molecule has 0 aliphatic rings. The monoisotopic (exact) mass is 444 g/mol. The normalized spacial score (nSPS) is 11.0. The Bertz CT molecular complexity index is 1120. The first-order chi connectivity index (χ1) is 15.2. The highest BCUT2D eigenvalue weighted by Gasteiger charge is 2.28. The van der Waals surface area contributed by atoms with Crippen LogP contribution in [0.3, 0.4) is 0 Å². The van der Waals surface area contributed by atoms with Crippen molar-refractivity contribution in [2.75, 3.05) is 18.5 Å². The van der Waals surface area contributed by atoms with Gasteiger partial charge in [-0.05, 0) is 37.3 Å². The van der Waals surface area contributed by atoms with Crippen molar-refractivity contribution in [2.45, 2.75) is 19.5 Å². The SMILES string of the molecule is Cc1ccc(-c2nc(CCNC(=O)Nc3ccc(OCC(F)(F)F)c(C#N)c3)co2)cc1. The molecule has 0 spiro atoms. The van der Waals surface area contributed by atoms with Crippen molar-refractivity contribution < 1.29 is 27.1 Å². The lowest BCUT2D eigenvalue weighted by atomic mass is 10.1. The Balaban J connectivity index is 1.50. The van der Waals surface area contributed by atoms with Crippen LogP contribution < -0.4 is 15.4 Å². The van der Waals surface area contributed by atoms with Crippen molar-refractivity contribution in [1.29, 1.82) is 5.26 Å². The number of benzene rings is 2. The lowest BCUT2D eigenvalue weighted by Gasteiger charge is -2.12. The first-order valence-electron chi connectivity index (χ1n) is 9.53. The van der Waals surface area contributed by atoms with Crippen LogP contribution in [0.1, 0.15) is 16.8 Å². The molecule has 1 heterocycles. The van der Waals surface area contributed by atoms with E-state index in [-0.39, 0.29) is 23.5 Å². The van der Waals surface area contributed by atoms with E-state index in [0.717, 1.165) is 11.1 Å². The van der Waals surface area contributed by atoms with Crippen LogP contribution in [0.25, 0.3) is 11.5 Å². The number of carbonyl (C=O) groups is 1. The van der Waals surface area contributed by atoms with E-state index in [0.29, 0.717) is 18.0 Å². The summed E-state index contributed by atoms with van der Waals surface area (Å²) in [7, 11) is 0. The number of hydrogen-bond acceptors (Lipinski definition) is 5. The lowest BCUT2D eigenvalue weighted by molar-refractivity contribution is -0.153. The van der Waals surface area contributed by atoms with E-state index in [1.165, 1.54) is 24.5 Å². The van der Waals surface area contributed by atoms with E-state index < -0.39 is 18.8 Å². The van der Waals surface area contributed by atoms with Gasteiger partial charge in [0.25, 0.3) is 0 Å². The van der Waals surface area contributed by atoms with Gasteiger partial charge in [0.1, 0.15) is 18.1 Å². The maximum Gasteiger partial charge on any atom is 0.422 e. The van der Waals surface area contributed by atoms with E-state index in [1.807, 2.05) is 31.2 Å². The summed E-state index contributed by atoms with van der Waals surface area (Å²) in [5, 5.41) is 14.3. The number of nitriles is 1. The molecule has 0 unspecified atom stereocenters. The largest absolute Gasteiger partial charge is 0.483 e. The molecule has 32 heavy (non-hydrogen) atoms. The van der Waals surface area contributed by atoms with Crippen molar-refractivity contribution in [3.8, 4) is 23.3 Å². The Morgan fingerprint density at radius 3 is 2.66 bits per heavy atom. The molecule has 7 nitrogen and oxygen atoms in total. The number of rotatable bonds is 7. The van der Waals surface area contributed by atoms with Gasteiger partial charge in [0.2, 0.25) is 5.89 Å². The van der Waals surface area contributed by atoms with Gasteiger partial charge in [0.15, 0.2) is 6.61 Å². The number of amides is 2. The minimum Gasteiger partial charge on any atom is -0.483 e. The first kappa shape index (κ1) is 22.7. The minimum atomic E-state index is -4.52. The number of aromatic nitrogens is 1. The number of carbonyl (C=O) groups excluding carboxylic acids is 1. The molecule has 2 aromatic carbocycles. The van der Waals surface area contributed by atoms with Gasteiger partial charge in [-0.25, -0.2) is 9.78 Å². The van der Waals surface area contributed by atoms with Crippen LogP contribution in [-0.2, 0) is 6.42 Å². The Hall–Kier alpha value is -4.00.